The van der Waals surface area contributed by atoms with Crippen molar-refractivity contribution >= 4 is 11.7 Å². The van der Waals surface area contributed by atoms with Crippen LogP contribution in [0.25, 0.3) is 0 Å². The van der Waals surface area contributed by atoms with Crippen molar-refractivity contribution in [1.82, 2.24) is 10.6 Å². The summed E-state index contributed by atoms with van der Waals surface area (Å²) < 4.78 is 5.66. The highest BCUT2D eigenvalue weighted by Gasteiger charge is 2.17. The molecule has 104 valence electrons. The van der Waals surface area contributed by atoms with Crippen molar-refractivity contribution in [1.29, 1.82) is 0 Å². The predicted octanol–water partition coefficient (Wildman–Crippen LogP) is 1.96. The Bertz CT molecular complexity index is 428. The number of benzene rings is 1. The van der Waals surface area contributed by atoms with Crippen LogP contribution in [0.1, 0.15) is 20.3 Å². The summed E-state index contributed by atoms with van der Waals surface area (Å²) in [5.41, 5.74) is 0.694. The molecule has 1 saturated heterocycles. The second-order valence-corrected chi connectivity index (χ2v) is 4.95. The Morgan fingerprint density at radius 2 is 2.21 bits per heavy atom. The van der Waals surface area contributed by atoms with E-state index in [4.69, 9.17) is 4.74 Å². The summed E-state index contributed by atoms with van der Waals surface area (Å²) in [6.07, 6.45) is 1.04. The molecular weight excluding hydrogens is 242 g/mol. The van der Waals surface area contributed by atoms with Crippen molar-refractivity contribution in [2.24, 2.45) is 0 Å². The number of rotatable bonds is 4. The molecule has 1 heterocycles. The van der Waals surface area contributed by atoms with E-state index in [1.807, 2.05) is 38.1 Å². The number of amides is 2. The number of nitrogens with one attached hydrogen (secondary N) is 3. The van der Waals surface area contributed by atoms with Gasteiger partial charge in [0.2, 0.25) is 0 Å². The average molecular weight is 263 g/mol. The second-order valence-electron chi connectivity index (χ2n) is 4.95. The number of carbonyl (C=O) groups excluding carboxylic acids is 1. The summed E-state index contributed by atoms with van der Waals surface area (Å²) in [5, 5.41) is 8.99. The molecule has 0 saturated carbocycles. The Balaban J connectivity index is 1.95. The van der Waals surface area contributed by atoms with E-state index in [2.05, 4.69) is 16.0 Å². The molecule has 3 N–H and O–H groups in total. The summed E-state index contributed by atoms with van der Waals surface area (Å²) in [5.74, 6) is 0.692. The minimum atomic E-state index is -0.187. The number of urea groups is 1. The molecule has 0 radical (unpaired) electrons. The first-order valence-corrected chi connectivity index (χ1v) is 6.69. The standard InChI is InChI=1S/C14H21N3O2/c1-10(2)19-13-6-4-3-5-12(13)17-14(18)16-11-7-8-15-9-11/h3-6,10-11,15H,7-9H2,1-2H3,(H2,16,17,18)/t11-/m1/s1. The van der Waals surface area contributed by atoms with E-state index in [1.54, 1.807) is 0 Å². The summed E-state index contributed by atoms with van der Waals surface area (Å²) >= 11 is 0. The van der Waals surface area contributed by atoms with Gasteiger partial charge in [0.25, 0.3) is 0 Å². The van der Waals surface area contributed by atoms with Gasteiger partial charge < -0.3 is 20.7 Å². The van der Waals surface area contributed by atoms with Gasteiger partial charge in [-0.3, -0.25) is 0 Å². The molecule has 0 aromatic heterocycles. The predicted molar refractivity (Wildman–Crippen MR) is 75.6 cm³/mol. The lowest BCUT2D eigenvalue weighted by molar-refractivity contribution is 0.241. The minimum absolute atomic E-state index is 0.0741. The van der Waals surface area contributed by atoms with Crippen molar-refractivity contribution < 1.29 is 9.53 Å². The fraction of sp³-hybridized carbons (Fsp3) is 0.500. The summed E-state index contributed by atoms with van der Waals surface area (Å²) in [6.45, 7) is 5.71. The van der Waals surface area contributed by atoms with Gasteiger partial charge in [0.05, 0.1) is 11.8 Å². The minimum Gasteiger partial charge on any atom is -0.489 e. The molecule has 0 spiro atoms. The van der Waals surface area contributed by atoms with Crippen LogP contribution in [-0.4, -0.2) is 31.3 Å². The third kappa shape index (κ3) is 4.13. The molecule has 1 atom stereocenters. The number of anilines is 1. The van der Waals surface area contributed by atoms with E-state index in [-0.39, 0.29) is 18.2 Å². The maximum absolute atomic E-state index is 11.9. The first kappa shape index (κ1) is 13.7. The zero-order valence-corrected chi connectivity index (χ0v) is 11.4. The maximum atomic E-state index is 11.9. The van der Waals surface area contributed by atoms with Gasteiger partial charge in [0.1, 0.15) is 5.75 Å². The summed E-state index contributed by atoms with van der Waals surface area (Å²) in [4.78, 5) is 11.9. The van der Waals surface area contributed by atoms with Gasteiger partial charge in [-0.1, -0.05) is 12.1 Å². The Morgan fingerprint density at radius 3 is 2.89 bits per heavy atom. The van der Waals surface area contributed by atoms with Gasteiger partial charge in [0.15, 0.2) is 0 Å². The molecule has 0 aliphatic carbocycles. The van der Waals surface area contributed by atoms with Crippen LogP contribution >= 0.6 is 0 Å². The van der Waals surface area contributed by atoms with Gasteiger partial charge in [-0.15, -0.1) is 0 Å². The Kier molecular flexibility index (Phi) is 4.63. The molecule has 1 aromatic carbocycles. The Hall–Kier alpha value is -1.75. The van der Waals surface area contributed by atoms with E-state index < -0.39 is 0 Å². The maximum Gasteiger partial charge on any atom is 0.319 e. The Morgan fingerprint density at radius 1 is 1.42 bits per heavy atom. The number of para-hydroxylation sites is 2. The fourth-order valence-electron chi connectivity index (χ4n) is 2.05. The van der Waals surface area contributed by atoms with Crippen LogP contribution in [0.5, 0.6) is 5.75 Å². The first-order valence-electron chi connectivity index (χ1n) is 6.69. The zero-order chi connectivity index (χ0) is 13.7. The van der Waals surface area contributed by atoms with Gasteiger partial charge in [-0.2, -0.15) is 0 Å². The molecule has 19 heavy (non-hydrogen) atoms. The molecule has 5 nitrogen and oxygen atoms in total. The second kappa shape index (κ2) is 6.43. The largest absolute Gasteiger partial charge is 0.489 e. The topological polar surface area (TPSA) is 62.4 Å². The SMILES string of the molecule is CC(C)Oc1ccccc1NC(=O)N[C@@H]1CCNC1. The van der Waals surface area contributed by atoms with Crippen LogP contribution in [0.3, 0.4) is 0 Å². The van der Waals surface area contributed by atoms with Gasteiger partial charge >= 0.3 is 6.03 Å². The number of carbonyl (C=O) groups is 1. The van der Waals surface area contributed by atoms with E-state index >= 15 is 0 Å². The Labute approximate surface area is 113 Å². The lowest BCUT2D eigenvalue weighted by Gasteiger charge is -2.16. The molecule has 0 bridgehead atoms. The van der Waals surface area contributed by atoms with Gasteiger partial charge in [-0.05, 0) is 38.9 Å². The van der Waals surface area contributed by atoms with Crippen molar-refractivity contribution in [2.75, 3.05) is 18.4 Å². The van der Waals surface area contributed by atoms with Crippen LogP contribution in [0.15, 0.2) is 24.3 Å². The summed E-state index contributed by atoms with van der Waals surface area (Å²) in [7, 11) is 0. The van der Waals surface area contributed by atoms with Crippen LogP contribution < -0.4 is 20.7 Å². The monoisotopic (exact) mass is 263 g/mol. The molecule has 1 aliphatic rings. The quantitative estimate of drug-likeness (QED) is 0.778. The normalized spacial score (nSPS) is 18.4. The highest BCUT2D eigenvalue weighted by molar-refractivity contribution is 5.91. The van der Waals surface area contributed by atoms with Crippen LogP contribution in [0.2, 0.25) is 0 Å². The first-order chi connectivity index (χ1) is 9.15. The third-order valence-corrected chi connectivity index (χ3v) is 2.89. The zero-order valence-electron chi connectivity index (χ0n) is 11.4. The molecule has 1 aliphatic heterocycles. The van der Waals surface area contributed by atoms with E-state index in [0.717, 1.165) is 19.5 Å². The van der Waals surface area contributed by atoms with Crippen LogP contribution in [-0.2, 0) is 0 Å². The molecule has 0 unspecified atom stereocenters. The van der Waals surface area contributed by atoms with E-state index in [9.17, 15) is 4.79 Å². The average Bonchev–Trinajstić information content (AvgIpc) is 2.83. The molecule has 5 heteroatoms. The van der Waals surface area contributed by atoms with Crippen LogP contribution in [0, 0.1) is 0 Å². The molecule has 2 rings (SSSR count). The summed E-state index contributed by atoms with van der Waals surface area (Å²) in [6, 6.07) is 7.48. The molecule has 1 fully saturated rings. The highest BCUT2D eigenvalue weighted by atomic mass is 16.5. The third-order valence-electron chi connectivity index (χ3n) is 2.89. The highest BCUT2D eigenvalue weighted by Crippen LogP contribution is 2.24. The van der Waals surface area contributed by atoms with Crippen molar-refractivity contribution in [2.45, 2.75) is 32.4 Å². The number of ether oxygens (including phenoxy) is 1. The fourth-order valence-corrected chi connectivity index (χ4v) is 2.05. The van der Waals surface area contributed by atoms with Crippen molar-refractivity contribution in [3.05, 3.63) is 24.3 Å². The number of hydrogen-bond donors (Lipinski definition) is 3. The lowest BCUT2D eigenvalue weighted by Crippen LogP contribution is -2.39. The van der Waals surface area contributed by atoms with E-state index in [0.29, 0.717) is 11.4 Å². The number of hydrogen-bond acceptors (Lipinski definition) is 3. The van der Waals surface area contributed by atoms with Gasteiger partial charge in [0, 0.05) is 12.6 Å². The lowest BCUT2D eigenvalue weighted by atomic mass is 10.2. The van der Waals surface area contributed by atoms with E-state index in [1.165, 1.54) is 0 Å². The van der Waals surface area contributed by atoms with Crippen molar-refractivity contribution in [3.8, 4) is 5.75 Å². The van der Waals surface area contributed by atoms with Crippen LogP contribution in [0.4, 0.5) is 10.5 Å². The molecular formula is C14H21N3O2. The molecule has 2 amide bonds. The smallest absolute Gasteiger partial charge is 0.319 e. The van der Waals surface area contributed by atoms with Crippen molar-refractivity contribution in [3.63, 3.8) is 0 Å². The molecule has 1 aromatic rings. The van der Waals surface area contributed by atoms with Gasteiger partial charge in [-0.25, -0.2) is 4.79 Å².